The van der Waals surface area contributed by atoms with Crippen LogP contribution in [0.15, 0.2) is 18.2 Å². The number of hydrogen-bond donors (Lipinski definition) is 3. The van der Waals surface area contributed by atoms with Crippen molar-refractivity contribution in [1.29, 1.82) is 0 Å². The van der Waals surface area contributed by atoms with Gasteiger partial charge in [0.2, 0.25) is 6.10 Å². The van der Waals surface area contributed by atoms with Crippen molar-refractivity contribution < 1.29 is 29.6 Å². The van der Waals surface area contributed by atoms with Crippen LogP contribution in [0.1, 0.15) is 5.56 Å². The van der Waals surface area contributed by atoms with Crippen LogP contribution in [-0.4, -0.2) is 33.9 Å². The van der Waals surface area contributed by atoms with Gasteiger partial charge in [0.15, 0.2) is 11.5 Å². The fraction of sp³-hybridized carbons (Fsp3) is 0.200. The molecule has 0 fully saturated rings. The molecule has 0 saturated carbocycles. The molecule has 1 aromatic rings. The topological polar surface area (TPSA) is 104 Å². The van der Waals surface area contributed by atoms with E-state index in [0.29, 0.717) is 5.56 Å². The standard InChI is InChI=1S/C10H10O6/c11-5-16-9(10(14)15)4-6-1-2-7(12)8(13)3-6/h1-3,5,9,12-13H,4H2,(H,14,15)/t9-/m1/s1. The first-order valence-corrected chi connectivity index (χ1v) is 4.37. The second-order valence-electron chi connectivity index (χ2n) is 3.09. The van der Waals surface area contributed by atoms with E-state index >= 15 is 0 Å². The van der Waals surface area contributed by atoms with Gasteiger partial charge in [-0.2, -0.15) is 0 Å². The summed E-state index contributed by atoms with van der Waals surface area (Å²) in [7, 11) is 0. The van der Waals surface area contributed by atoms with Crippen LogP contribution < -0.4 is 0 Å². The Kier molecular flexibility index (Phi) is 3.71. The van der Waals surface area contributed by atoms with Gasteiger partial charge in [-0.25, -0.2) is 4.79 Å². The highest BCUT2D eigenvalue weighted by molar-refractivity contribution is 5.74. The summed E-state index contributed by atoms with van der Waals surface area (Å²) in [4.78, 5) is 20.7. The van der Waals surface area contributed by atoms with Gasteiger partial charge in [0.1, 0.15) is 0 Å². The first-order chi connectivity index (χ1) is 7.54. The molecular weight excluding hydrogens is 216 g/mol. The molecule has 6 nitrogen and oxygen atoms in total. The van der Waals surface area contributed by atoms with Gasteiger partial charge in [-0.1, -0.05) is 6.07 Å². The zero-order valence-corrected chi connectivity index (χ0v) is 8.16. The minimum atomic E-state index is -1.30. The van der Waals surface area contributed by atoms with Gasteiger partial charge in [-0.05, 0) is 17.7 Å². The van der Waals surface area contributed by atoms with Gasteiger partial charge in [0.25, 0.3) is 6.47 Å². The summed E-state index contributed by atoms with van der Waals surface area (Å²) in [5, 5.41) is 26.9. The maximum absolute atomic E-state index is 10.6. The molecular formula is C10H10O6. The lowest BCUT2D eigenvalue weighted by molar-refractivity contribution is -0.156. The predicted molar refractivity (Wildman–Crippen MR) is 52.0 cm³/mol. The third-order valence-corrected chi connectivity index (χ3v) is 1.96. The Morgan fingerprint density at radius 1 is 1.38 bits per heavy atom. The molecule has 0 bridgehead atoms. The summed E-state index contributed by atoms with van der Waals surface area (Å²) in [6.45, 7) is 0.0546. The zero-order valence-electron chi connectivity index (χ0n) is 8.16. The highest BCUT2D eigenvalue weighted by atomic mass is 16.5. The number of carboxylic acids is 1. The summed E-state index contributed by atoms with van der Waals surface area (Å²) in [6, 6.07) is 3.86. The van der Waals surface area contributed by atoms with Crippen molar-refractivity contribution in [1.82, 2.24) is 0 Å². The quantitative estimate of drug-likeness (QED) is 0.491. The van der Waals surface area contributed by atoms with E-state index in [0.717, 1.165) is 0 Å². The van der Waals surface area contributed by atoms with Crippen LogP contribution in [0.5, 0.6) is 11.5 Å². The molecule has 0 radical (unpaired) electrons. The fourth-order valence-corrected chi connectivity index (χ4v) is 1.17. The Hall–Kier alpha value is -2.24. The number of phenolic OH excluding ortho intramolecular Hbond substituents is 2. The highest BCUT2D eigenvalue weighted by Crippen LogP contribution is 2.25. The summed E-state index contributed by atoms with van der Waals surface area (Å²) < 4.78 is 4.35. The van der Waals surface area contributed by atoms with Gasteiger partial charge in [0.05, 0.1) is 0 Å². The third-order valence-electron chi connectivity index (χ3n) is 1.96. The maximum Gasteiger partial charge on any atom is 0.345 e. The van der Waals surface area contributed by atoms with Crippen molar-refractivity contribution in [2.24, 2.45) is 0 Å². The molecule has 0 amide bonds. The molecule has 0 aliphatic carbocycles. The Balaban J connectivity index is 2.81. The molecule has 6 heteroatoms. The van der Waals surface area contributed by atoms with Crippen molar-refractivity contribution in [2.45, 2.75) is 12.5 Å². The van der Waals surface area contributed by atoms with E-state index in [2.05, 4.69) is 4.74 Å². The summed E-state index contributed by atoms with van der Waals surface area (Å²) in [5.74, 6) is -1.93. The lowest BCUT2D eigenvalue weighted by Gasteiger charge is -2.10. The number of carboxylic acid groups (broad SMARTS) is 1. The maximum atomic E-state index is 10.6. The molecule has 1 aromatic carbocycles. The molecule has 0 saturated heterocycles. The van der Waals surface area contributed by atoms with Crippen molar-refractivity contribution in [3.63, 3.8) is 0 Å². The van der Waals surface area contributed by atoms with Gasteiger partial charge in [-0.3, -0.25) is 4.79 Å². The molecule has 16 heavy (non-hydrogen) atoms. The van der Waals surface area contributed by atoms with Gasteiger partial charge >= 0.3 is 5.97 Å². The SMILES string of the molecule is O=CO[C@H](Cc1ccc(O)c(O)c1)C(=O)O. The number of aromatic hydroxyl groups is 2. The molecule has 0 aromatic heterocycles. The highest BCUT2D eigenvalue weighted by Gasteiger charge is 2.19. The molecule has 0 aliphatic rings. The molecule has 86 valence electrons. The Labute approximate surface area is 90.7 Å². The predicted octanol–water partition coefficient (Wildman–Crippen LogP) is 0.266. The molecule has 0 aliphatic heterocycles. The number of carbonyl (C=O) groups is 2. The van der Waals surface area contributed by atoms with Gasteiger partial charge in [-0.15, -0.1) is 0 Å². The van der Waals surface area contributed by atoms with E-state index in [9.17, 15) is 14.7 Å². The van der Waals surface area contributed by atoms with E-state index in [1.54, 1.807) is 0 Å². The van der Waals surface area contributed by atoms with Crippen LogP contribution in [0.4, 0.5) is 0 Å². The Morgan fingerprint density at radius 3 is 2.56 bits per heavy atom. The third kappa shape index (κ3) is 2.88. The van der Waals surface area contributed by atoms with E-state index < -0.39 is 12.1 Å². The van der Waals surface area contributed by atoms with Gasteiger partial charge in [0, 0.05) is 6.42 Å². The minimum Gasteiger partial charge on any atom is -0.504 e. The van der Waals surface area contributed by atoms with Crippen LogP contribution in [-0.2, 0) is 20.7 Å². The number of hydrogen-bond acceptors (Lipinski definition) is 5. The number of rotatable bonds is 5. The molecule has 1 rings (SSSR count). The number of carbonyl (C=O) groups excluding carboxylic acids is 1. The molecule has 0 heterocycles. The lowest BCUT2D eigenvalue weighted by Crippen LogP contribution is -2.25. The molecule has 0 spiro atoms. The minimum absolute atomic E-state index is 0.0546. The second-order valence-corrected chi connectivity index (χ2v) is 3.09. The largest absolute Gasteiger partial charge is 0.504 e. The molecule has 3 N–H and O–H groups in total. The van der Waals surface area contributed by atoms with Crippen molar-refractivity contribution in [2.75, 3.05) is 0 Å². The average molecular weight is 226 g/mol. The van der Waals surface area contributed by atoms with Crippen LogP contribution in [0, 0.1) is 0 Å². The van der Waals surface area contributed by atoms with Crippen molar-refractivity contribution >= 4 is 12.4 Å². The van der Waals surface area contributed by atoms with Gasteiger partial charge < -0.3 is 20.1 Å². The summed E-state index contributed by atoms with van der Waals surface area (Å²) in [6.07, 6.45) is -1.39. The monoisotopic (exact) mass is 226 g/mol. The van der Waals surface area contributed by atoms with E-state index in [-0.39, 0.29) is 24.4 Å². The average Bonchev–Trinajstić information content (AvgIpc) is 2.22. The number of benzene rings is 1. The second kappa shape index (κ2) is 5.01. The van der Waals surface area contributed by atoms with E-state index in [4.69, 9.17) is 10.2 Å². The fourth-order valence-electron chi connectivity index (χ4n) is 1.17. The van der Waals surface area contributed by atoms with Crippen LogP contribution >= 0.6 is 0 Å². The normalized spacial score (nSPS) is 11.8. The number of aliphatic carboxylic acids is 1. The number of phenols is 2. The smallest absolute Gasteiger partial charge is 0.345 e. The summed E-state index contributed by atoms with van der Waals surface area (Å²) in [5.41, 5.74) is 0.435. The molecule has 0 unspecified atom stereocenters. The van der Waals surface area contributed by atoms with Crippen LogP contribution in [0.3, 0.4) is 0 Å². The zero-order chi connectivity index (χ0) is 12.1. The number of ether oxygens (including phenoxy) is 1. The van der Waals surface area contributed by atoms with Crippen LogP contribution in [0.2, 0.25) is 0 Å². The Morgan fingerprint density at radius 2 is 2.06 bits per heavy atom. The Bertz CT molecular complexity index is 400. The first kappa shape index (κ1) is 11.8. The van der Waals surface area contributed by atoms with Crippen molar-refractivity contribution in [3.8, 4) is 11.5 Å². The van der Waals surface area contributed by atoms with Crippen LogP contribution in [0.25, 0.3) is 0 Å². The van der Waals surface area contributed by atoms with E-state index in [1.807, 2.05) is 0 Å². The first-order valence-electron chi connectivity index (χ1n) is 4.37. The lowest BCUT2D eigenvalue weighted by atomic mass is 10.1. The van der Waals surface area contributed by atoms with Crippen molar-refractivity contribution in [3.05, 3.63) is 23.8 Å². The van der Waals surface area contributed by atoms with E-state index in [1.165, 1.54) is 18.2 Å². The molecule has 1 atom stereocenters. The summed E-state index contributed by atoms with van der Waals surface area (Å²) >= 11 is 0.